The number of benzene rings is 1. The van der Waals surface area contributed by atoms with Crippen LogP contribution in [0.1, 0.15) is 44.0 Å². The first-order valence-electron chi connectivity index (χ1n) is 7.66. The van der Waals surface area contributed by atoms with Crippen LogP contribution in [0.3, 0.4) is 0 Å². The van der Waals surface area contributed by atoms with E-state index in [0.29, 0.717) is 12.1 Å². The van der Waals surface area contributed by atoms with Gasteiger partial charge in [0.05, 0.1) is 11.7 Å². The maximum Gasteiger partial charge on any atom is 0.421 e. The Morgan fingerprint density at radius 1 is 1.25 bits per heavy atom. The Labute approximate surface area is 144 Å². The molecule has 0 aliphatic rings. The highest BCUT2D eigenvalue weighted by Crippen LogP contribution is 2.08. The Hall–Kier alpha value is -2.34. The first-order chi connectivity index (χ1) is 11.1. The summed E-state index contributed by atoms with van der Waals surface area (Å²) in [5, 5.41) is 0. The number of hydrazine groups is 1. The van der Waals surface area contributed by atoms with Gasteiger partial charge in [-0.3, -0.25) is 5.43 Å². The summed E-state index contributed by atoms with van der Waals surface area (Å²) in [7, 11) is 0. The van der Waals surface area contributed by atoms with Crippen molar-refractivity contribution < 1.29 is 19.1 Å². The minimum Gasteiger partial charge on any atom is -0.459 e. The Morgan fingerprint density at radius 2 is 1.96 bits per heavy atom. The number of hydrogen-bond donors (Lipinski definition) is 2. The largest absolute Gasteiger partial charge is 0.459 e. The van der Waals surface area contributed by atoms with Gasteiger partial charge in [-0.25, -0.2) is 15.0 Å². The number of carbonyl (C=O) groups excluding carboxylic acids is 2. The molecule has 0 aromatic heterocycles. The highest BCUT2D eigenvalue weighted by molar-refractivity contribution is 5.89. The van der Waals surface area contributed by atoms with E-state index in [2.05, 4.69) is 17.4 Å². The molecule has 0 saturated carbocycles. The van der Waals surface area contributed by atoms with Crippen molar-refractivity contribution in [1.29, 1.82) is 0 Å². The van der Waals surface area contributed by atoms with Crippen LogP contribution in [0.4, 0.5) is 4.79 Å². The average Bonchev–Trinajstić information content (AvgIpc) is 2.56. The summed E-state index contributed by atoms with van der Waals surface area (Å²) in [6.45, 7) is 6.11. The van der Waals surface area contributed by atoms with E-state index in [0.717, 1.165) is 19.3 Å². The van der Waals surface area contributed by atoms with Crippen LogP contribution in [-0.2, 0) is 9.47 Å². The number of carbonyl (C=O) groups is 2. The van der Waals surface area contributed by atoms with Crippen LogP contribution in [0, 0.1) is 0 Å². The van der Waals surface area contributed by atoms with Crippen LogP contribution < -0.4 is 10.9 Å². The lowest BCUT2D eigenvalue weighted by Gasteiger charge is -2.13. The number of rotatable bonds is 10. The molecule has 1 aromatic carbocycles. The third kappa shape index (κ3) is 9.63. The number of ether oxygens (including phenoxy) is 2. The Bertz CT molecular complexity index is 491. The van der Waals surface area contributed by atoms with E-state index in [1.807, 2.05) is 13.0 Å². The zero-order valence-corrected chi connectivity index (χ0v) is 13.4. The third-order valence-electron chi connectivity index (χ3n) is 3.00. The second-order valence-corrected chi connectivity index (χ2v) is 5.02. The maximum atomic E-state index is 11.8. The van der Waals surface area contributed by atoms with E-state index in [-0.39, 0.29) is 26.1 Å². The standard InChI is InChI=1S/C17H24N2O4.CH4/c1-3-13-22-17(21)19-18-12-8-7-9-14(2)23-16(20)15-10-5-4-6-11-15;/h3-6,10-11,14,18H,1,7-9,12-13H2,2H3,(H,19,21);1H4/t14-;/m1./s1. The minimum atomic E-state index is -0.532. The van der Waals surface area contributed by atoms with Crippen molar-refractivity contribution in [3.63, 3.8) is 0 Å². The zero-order chi connectivity index (χ0) is 16.9. The number of unbranched alkanes of at least 4 members (excludes halogenated alkanes) is 1. The first kappa shape index (κ1) is 21.7. The molecule has 6 heteroatoms. The molecule has 1 rings (SSSR count). The van der Waals surface area contributed by atoms with Gasteiger partial charge < -0.3 is 9.47 Å². The molecule has 6 nitrogen and oxygen atoms in total. The van der Waals surface area contributed by atoms with Crippen molar-refractivity contribution in [3.05, 3.63) is 48.6 Å². The van der Waals surface area contributed by atoms with Crippen molar-refractivity contribution >= 4 is 12.1 Å². The predicted molar refractivity (Wildman–Crippen MR) is 94.6 cm³/mol. The number of amides is 1. The lowest BCUT2D eigenvalue weighted by Crippen LogP contribution is -2.38. The van der Waals surface area contributed by atoms with Gasteiger partial charge in [0, 0.05) is 6.54 Å². The molecule has 1 amide bonds. The van der Waals surface area contributed by atoms with E-state index in [4.69, 9.17) is 9.47 Å². The molecular formula is C18H28N2O4. The van der Waals surface area contributed by atoms with Gasteiger partial charge in [0.1, 0.15) is 6.61 Å². The zero-order valence-electron chi connectivity index (χ0n) is 13.4. The molecule has 0 unspecified atom stereocenters. The smallest absolute Gasteiger partial charge is 0.421 e. The predicted octanol–water partition coefficient (Wildman–Crippen LogP) is 3.46. The molecule has 1 atom stereocenters. The molecule has 1 aromatic rings. The molecule has 0 heterocycles. The van der Waals surface area contributed by atoms with Crippen molar-refractivity contribution in [2.75, 3.05) is 13.2 Å². The number of nitrogens with one attached hydrogen (secondary N) is 2. The second-order valence-electron chi connectivity index (χ2n) is 5.02. The summed E-state index contributed by atoms with van der Waals surface area (Å²) in [6, 6.07) is 8.93. The summed E-state index contributed by atoms with van der Waals surface area (Å²) < 4.78 is 10.1. The topological polar surface area (TPSA) is 76.7 Å². The highest BCUT2D eigenvalue weighted by atomic mass is 16.6. The molecule has 0 bridgehead atoms. The van der Waals surface area contributed by atoms with Crippen molar-refractivity contribution in [3.8, 4) is 0 Å². The van der Waals surface area contributed by atoms with Gasteiger partial charge in [0.25, 0.3) is 0 Å². The van der Waals surface area contributed by atoms with E-state index in [1.54, 1.807) is 24.3 Å². The normalized spacial score (nSPS) is 10.9. The Balaban J connectivity index is 0.00000529. The lowest BCUT2D eigenvalue weighted by atomic mass is 10.1. The molecule has 0 spiro atoms. The van der Waals surface area contributed by atoms with Crippen molar-refractivity contribution in [1.82, 2.24) is 10.9 Å². The fraction of sp³-hybridized carbons (Fsp3) is 0.444. The van der Waals surface area contributed by atoms with Crippen LogP contribution in [0.2, 0.25) is 0 Å². The van der Waals surface area contributed by atoms with Crippen LogP contribution in [0.15, 0.2) is 43.0 Å². The summed E-state index contributed by atoms with van der Waals surface area (Å²) >= 11 is 0. The highest BCUT2D eigenvalue weighted by Gasteiger charge is 2.11. The van der Waals surface area contributed by atoms with Crippen LogP contribution >= 0.6 is 0 Å². The first-order valence-corrected chi connectivity index (χ1v) is 7.66. The van der Waals surface area contributed by atoms with Gasteiger partial charge in [-0.15, -0.1) is 0 Å². The van der Waals surface area contributed by atoms with Crippen LogP contribution in [-0.4, -0.2) is 31.3 Å². The van der Waals surface area contributed by atoms with Gasteiger partial charge in [0.2, 0.25) is 0 Å². The van der Waals surface area contributed by atoms with Crippen LogP contribution in [0.5, 0.6) is 0 Å². The van der Waals surface area contributed by atoms with E-state index in [9.17, 15) is 9.59 Å². The molecule has 0 aliphatic carbocycles. The number of esters is 1. The van der Waals surface area contributed by atoms with Gasteiger partial charge in [0.15, 0.2) is 0 Å². The monoisotopic (exact) mass is 336 g/mol. The van der Waals surface area contributed by atoms with Crippen molar-refractivity contribution in [2.45, 2.75) is 39.7 Å². The molecule has 0 saturated heterocycles. The summed E-state index contributed by atoms with van der Waals surface area (Å²) in [4.78, 5) is 22.9. The molecule has 0 aliphatic heterocycles. The van der Waals surface area contributed by atoms with E-state index < -0.39 is 6.09 Å². The molecule has 24 heavy (non-hydrogen) atoms. The third-order valence-corrected chi connectivity index (χ3v) is 3.00. The summed E-state index contributed by atoms with van der Waals surface area (Å²) in [5.74, 6) is -0.303. The molecular weight excluding hydrogens is 308 g/mol. The molecule has 134 valence electrons. The SMILES string of the molecule is C.C=CCOC(=O)NNCCCC[C@@H](C)OC(=O)c1ccccc1. The second kappa shape index (κ2) is 13.1. The van der Waals surface area contributed by atoms with Gasteiger partial charge in [-0.2, -0.15) is 0 Å². The maximum absolute atomic E-state index is 11.8. The fourth-order valence-corrected chi connectivity index (χ4v) is 1.83. The van der Waals surface area contributed by atoms with Gasteiger partial charge in [-0.05, 0) is 38.3 Å². The average molecular weight is 336 g/mol. The van der Waals surface area contributed by atoms with Crippen LogP contribution in [0.25, 0.3) is 0 Å². The summed E-state index contributed by atoms with van der Waals surface area (Å²) in [6.07, 6.45) is 3.30. The minimum absolute atomic E-state index is 0. The van der Waals surface area contributed by atoms with Gasteiger partial charge in [-0.1, -0.05) is 38.3 Å². The quantitative estimate of drug-likeness (QED) is 0.296. The Morgan fingerprint density at radius 3 is 2.62 bits per heavy atom. The molecule has 2 N–H and O–H groups in total. The summed E-state index contributed by atoms with van der Waals surface area (Å²) in [5.41, 5.74) is 5.74. The van der Waals surface area contributed by atoms with E-state index in [1.165, 1.54) is 6.08 Å². The fourth-order valence-electron chi connectivity index (χ4n) is 1.83. The number of hydrogen-bond acceptors (Lipinski definition) is 5. The van der Waals surface area contributed by atoms with Gasteiger partial charge >= 0.3 is 12.1 Å². The lowest BCUT2D eigenvalue weighted by molar-refractivity contribution is 0.0319. The van der Waals surface area contributed by atoms with E-state index >= 15 is 0 Å². The Kier molecular flexibility index (Phi) is 11.9. The van der Waals surface area contributed by atoms with Crippen molar-refractivity contribution in [2.24, 2.45) is 0 Å². The molecule has 0 radical (unpaired) electrons. The molecule has 0 fully saturated rings.